The molecule has 2 fully saturated rings. The Morgan fingerprint density at radius 2 is 2.19 bits per heavy atom. The SMILES string of the molecule is CCCC1CNC2(CCCC2)CN1Cc1cncc(Br)c1. The highest BCUT2D eigenvalue weighted by atomic mass is 79.9. The second-order valence-corrected chi connectivity index (χ2v) is 7.64. The maximum Gasteiger partial charge on any atom is 0.0410 e. The molecule has 1 unspecified atom stereocenters. The minimum atomic E-state index is 0.393. The lowest BCUT2D eigenvalue weighted by atomic mass is 9.91. The van der Waals surface area contributed by atoms with E-state index in [0.29, 0.717) is 11.6 Å². The molecule has 1 aromatic rings. The van der Waals surface area contributed by atoms with E-state index in [0.717, 1.165) is 17.6 Å². The lowest BCUT2D eigenvalue weighted by molar-refractivity contribution is 0.0689. The Kier molecular flexibility index (Phi) is 4.97. The molecule has 2 heterocycles. The number of piperazine rings is 1. The Balaban J connectivity index is 1.73. The van der Waals surface area contributed by atoms with E-state index in [1.807, 2.05) is 12.4 Å². The van der Waals surface area contributed by atoms with Crippen molar-refractivity contribution in [3.05, 3.63) is 28.5 Å². The fourth-order valence-corrected chi connectivity index (χ4v) is 4.42. The van der Waals surface area contributed by atoms with Crippen LogP contribution in [0.4, 0.5) is 0 Å². The van der Waals surface area contributed by atoms with Crippen molar-refractivity contribution in [2.45, 2.75) is 63.6 Å². The summed E-state index contributed by atoms with van der Waals surface area (Å²) in [7, 11) is 0. The van der Waals surface area contributed by atoms with Crippen LogP contribution in [-0.2, 0) is 6.54 Å². The molecular weight excluding hydrogens is 326 g/mol. The largest absolute Gasteiger partial charge is 0.308 e. The maximum absolute atomic E-state index is 4.32. The van der Waals surface area contributed by atoms with Gasteiger partial charge in [-0.1, -0.05) is 26.2 Å². The summed E-state index contributed by atoms with van der Waals surface area (Å²) in [5, 5.41) is 3.89. The zero-order valence-corrected chi connectivity index (χ0v) is 14.5. The Hall–Kier alpha value is -0.450. The number of hydrogen-bond acceptors (Lipinski definition) is 3. The van der Waals surface area contributed by atoms with Gasteiger partial charge in [-0.2, -0.15) is 0 Å². The van der Waals surface area contributed by atoms with Crippen LogP contribution in [0.1, 0.15) is 51.0 Å². The monoisotopic (exact) mass is 351 g/mol. The van der Waals surface area contributed by atoms with E-state index in [2.05, 4.69) is 44.1 Å². The molecule has 1 spiro atoms. The Morgan fingerprint density at radius 1 is 1.38 bits per heavy atom. The fraction of sp³-hybridized carbons (Fsp3) is 0.706. The highest BCUT2D eigenvalue weighted by Crippen LogP contribution is 2.34. The summed E-state index contributed by atoms with van der Waals surface area (Å²) in [5.74, 6) is 0. The summed E-state index contributed by atoms with van der Waals surface area (Å²) in [5.41, 5.74) is 1.71. The van der Waals surface area contributed by atoms with Gasteiger partial charge in [0.15, 0.2) is 0 Å². The standard InChI is InChI=1S/C17H26BrN3/c1-2-5-16-11-20-17(6-3-4-7-17)13-21(16)12-14-8-15(18)10-19-9-14/h8-10,16,20H,2-7,11-13H2,1H3. The third-order valence-corrected chi connectivity index (χ3v) is 5.50. The molecule has 0 amide bonds. The summed E-state index contributed by atoms with van der Waals surface area (Å²) in [4.78, 5) is 7.02. The molecule has 0 radical (unpaired) electrons. The van der Waals surface area contributed by atoms with E-state index >= 15 is 0 Å². The predicted molar refractivity (Wildman–Crippen MR) is 90.2 cm³/mol. The van der Waals surface area contributed by atoms with Gasteiger partial charge in [0.25, 0.3) is 0 Å². The van der Waals surface area contributed by atoms with Gasteiger partial charge in [0.1, 0.15) is 0 Å². The van der Waals surface area contributed by atoms with Crippen LogP contribution in [-0.4, -0.2) is 34.6 Å². The van der Waals surface area contributed by atoms with Gasteiger partial charge < -0.3 is 5.32 Å². The summed E-state index contributed by atoms with van der Waals surface area (Å²) >= 11 is 3.54. The van der Waals surface area contributed by atoms with Crippen LogP contribution in [0, 0.1) is 0 Å². The maximum atomic E-state index is 4.32. The summed E-state index contributed by atoms with van der Waals surface area (Å²) in [6, 6.07) is 2.87. The average molecular weight is 352 g/mol. The summed E-state index contributed by atoms with van der Waals surface area (Å²) in [6.07, 6.45) is 11.9. The van der Waals surface area contributed by atoms with Gasteiger partial charge in [-0.05, 0) is 46.8 Å². The van der Waals surface area contributed by atoms with Crippen LogP contribution in [0.15, 0.2) is 22.9 Å². The Morgan fingerprint density at radius 3 is 2.90 bits per heavy atom. The quantitative estimate of drug-likeness (QED) is 0.895. The molecule has 116 valence electrons. The molecule has 1 aliphatic carbocycles. The van der Waals surface area contributed by atoms with E-state index in [9.17, 15) is 0 Å². The van der Waals surface area contributed by atoms with Crippen molar-refractivity contribution < 1.29 is 0 Å². The van der Waals surface area contributed by atoms with E-state index < -0.39 is 0 Å². The molecule has 1 N–H and O–H groups in total. The van der Waals surface area contributed by atoms with Crippen molar-refractivity contribution in [2.24, 2.45) is 0 Å². The Bertz CT molecular complexity index is 471. The second kappa shape index (κ2) is 6.76. The zero-order chi connectivity index (χ0) is 14.7. The first kappa shape index (κ1) is 15.4. The van der Waals surface area contributed by atoms with Crippen molar-refractivity contribution >= 4 is 15.9 Å². The molecule has 4 heteroatoms. The average Bonchev–Trinajstić information content (AvgIpc) is 2.91. The summed E-state index contributed by atoms with van der Waals surface area (Å²) < 4.78 is 1.08. The number of rotatable bonds is 4. The second-order valence-electron chi connectivity index (χ2n) is 6.73. The molecule has 1 saturated heterocycles. The Labute approximate surface area is 136 Å². The van der Waals surface area contributed by atoms with E-state index in [-0.39, 0.29) is 0 Å². The van der Waals surface area contributed by atoms with Gasteiger partial charge in [0.05, 0.1) is 0 Å². The fourth-order valence-electron chi connectivity index (χ4n) is 4.00. The molecule has 1 aliphatic heterocycles. The minimum Gasteiger partial charge on any atom is -0.308 e. The first-order valence-corrected chi connectivity index (χ1v) is 9.09. The molecule has 0 bridgehead atoms. The summed E-state index contributed by atoms with van der Waals surface area (Å²) in [6.45, 7) is 5.67. The molecule has 1 aromatic heterocycles. The van der Waals surface area contributed by atoms with Crippen molar-refractivity contribution in [1.29, 1.82) is 0 Å². The topological polar surface area (TPSA) is 28.2 Å². The van der Waals surface area contributed by atoms with E-state index in [4.69, 9.17) is 0 Å². The number of nitrogens with one attached hydrogen (secondary N) is 1. The van der Waals surface area contributed by atoms with Crippen LogP contribution < -0.4 is 5.32 Å². The first-order chi connectivity index (χ1) is 10.2. The number of pyridine rings is 1. The smallest absolute Gasteiger partial charge is 0.0410 e. The predicted octanol–water partition coefficient (Wildman–Crippen LogP) is 3.73. The molecule has 21 heavy (non-hydrogen) atoms. The number of nitrogens with zero attached hydrogens (tertiary/aromatic N) is 2. The molecular formula is C17H26BrN3. The number of halogens is 1. The van der Waals surface area contributed by atoms with Crippen molar-refractivity contribution in [3.8, 4) is 0 Å². The van der Waals surface area contributed by atoms with Gasteiger partial charge in [-0.25, -0.2) is 0 Å². The van der Waals surface area contributed by atoms with Gasteiger partial charge in [0, 0.05) is 48.1 Å². The molecule has 1 saturated carbocycles. The minimum absolute atomic E-state index is 0.393. The highest BCUT2D eigenvalue weighted by molar-refractivity contribution is 9.10. The molecule has 3 rings (SSSR count). The number of aromatic nitrogens is 1. The molecule has 3 nitrogen and oxygen atoms in total. The lowest BCUT2D eigenvalue weighted by Crippen LogP contribution is -2.62. The molecule has 1 atom stereocenters. The zero-order valence-electron chi connectivity index (χ0n) is 12.9. The van der Waals surface area contributed by atoms with Crippen molar-refractivity contribution in [3.63, 3.8) is 0 Å². The van der Waals surface area contributed by atoms with Crippen molar-refractivity contribution in [2.75, 3.05) is 13.1 Å². The van der Waals surface area contributed by atoms with Crippen LogP contribution in [0.3, 0.4) is 0 Å². The first-order valence-electron chi connectivity index (χ1n) is 8.29. The van der Waals surface area contributed by atoms with Gasteiger partial charge in [0.2, 0.25) is 0 Å². The van der Waals surface area contributed by atoms with E-state index in [1.165, 1.54) is 50.6 Å². The normalized spacial score (nSPS) is 25.5. The van der Waals surface area contributed by atoms with Crippen LogP contribution in [0.2, 0.25) is 0 Å². The van der Waals surface area contributed by atoms with Crippen molar-refractivity contribution in [1.82, 2.24) is 15.2 Å². The third kappa shape index (κ3) is 3.66. The van der Waals surface area contributed by atoms with Gasteiger partial charge in [-0.15, -0.1) is 0 Å². The third-order valence-electron chi connectivity index (χ3n) is 5.06. The molecule has 0 aromatic carbocycles. The van der Waals surface area contributed by atoms with Crippen LogP contribution >= 0.6 is 15.9 Å². The van der Waals surface area contributed by atoms with Crippen LogP contribution in [0.5, 0.6) is 0 Å². The van der Waals surface area contributed by atoms with Crippen LogP contribution in [0.25, 0.3) is 0 Å². The lowest BCUT2D eigenvalue weighted by Gasteiger charge is -2.46. The van der Waals surface area contributed by atoms with E-state index in [1.54, 1.807) is 0 Å². The highest BCUT2D eigenvalue weighted by Gasteiger charge is 2.40. The van der Waals surface area contributed by atoms with Gasteiger partial charge in [-0.3, -0.25) is 9.88 Å². The molecule has 2 aliphatic rings. The van der Waals surface area contributed by atoms with Gasteiger partial charge >= 0.3 is 0 Å². The number of hydrogen-bond donors (Lipinski definition) is 1.